The van der Waals surface area contributed by atoms with Crippen molar-refractivity contribution in [3.8, 4) is 0 Å². The Balaban J connectivity index is 1.97. The highest BCUT2D eigenvalue weighted by molar-refractivity contribution is 5.03. The molecule has 0 aromatic carbocycles. The molecule has 1 aromatic rings. The summed E-state index contributed by atoms with van der Waals surface area (Å²) in [6.07, 6.45) is 4.17. The fourth-order valence-electron chi connectivity index (χ4n) is 2.33. The molecule has 16 heavy (non-hydrogen) atoms. The standard InChI is InChI=1S/C13H20N2O/c1-11-5-6-12(10-16)8-15(11)9-13-4-2-3-7-14-13/h2-4,7,11-12,16H,5-6,8-10H2,1H3. The maximum atomic E-state index is 9.22. The van der Waals surface area contributed by atoms with Gasteiger partial charge < -0.3 is 5.11 Å². The van der Waals surface area contributed by atoms with Crippen molar-refractivity contribution in [3.05, 3.63) is 30.1 Å². The highest BCUT2D eigenvalue weighted by atomic mass is 16.3. The zero-order valence-corrected chi connectivity index (χ0v) is 9.84. The van der Waals surface area contributed by atoms with Gasteiger partial charge in [-0.2, -0.15) is 0 Å². The van der Waals surface area contributed by atoms with Gasteiger partial charge in [-0.3, -0.25) is 9.88 Å². The van der Waals surface area contributed by atoms with Crippen LogP contribution < -0.4 is 0 Å². The summed E-state index contributed by atoms with van der Waals surface area (Å²) >= 11 is 0. The van der Waals surface area contributed by atoms with E-state index in [1.165, 1.54) is 6.42 Å². The van der Waals surface area contributed by atoms with Gasteiger partial charge >= 0.3 is 0 Å². The number of hydrogen-bond donors (Lipinski definition) is 1. The van der Waals surface area contributed by atoms with Crippen molar-refractivity contribution < 1.29 is 5.11 Å². The van der Waals surface area contributed by atoms with Crippen LogP contribution in [0.25, 0.3) is 0 Å². The van der Waals surface area contributed by atoms with Crippen LogP contribution in [0.1, 0.15) is 25.5 Å². The molecule has 2 heterocycles. The van der Waals surface area contributed by atoms with Crippen LogP contribution in [0.4, 0.5) is 0 Å². The van der Waals surface area contributed by atoms with E-state index in [9.17, 15) is 5.11 Å². The molecular weight excluding hydrogens is 200 g/mol. The molecule has 3 heteroatoms. The van der Waals surface area contributed by atoms with Gasteiger partial charge in [0.05, 0.1) is 5.69 Å². The largest absolute Gasteiger partial charge is 0.396 e. The van der Waals surface area contributed by atoms with Gasteiger partial charge in [-0.25, -0.2) is 0 Å². The van der Waals surface area contributed by atoms with Crippen LogP contribution in [-0.4, -0.2) is 34.2 Å². The number of aliphatic hydroxyl groups is 1. The van der Waals surface area contributed by atoms with Gasteiger partial charge in [0.15, 0.2) is 0 Å². The number of rotatable bonds is 3. The Bertz CT molecular complexity index is 315. The summed E-state index contributed by atoms with van der Waals surface area (Å²) in [5, 5.41) is 9.22. The van der Waals surface area contributed by atoms with E-state index in [2.05, 4.69) is 22.9 Å². The van der Waals surface area contributed by atoms with Crippen LogP contribution in [0.15, 0.2) is 24.4 Å². The lowest BCUT2D eigenvalue weighted by Gasteiger charge is -2.37. The topological polar surface area (TPSA) is 36.4 Å². The van der Waals surface area contributed by atoms with Crippen LogP contribution in [0, 0.1) is 5.92 Å². The van der Waals surface area contributed by atoms with E-state index in [1.807, 2.05) is 18.3 Å². The Morgan fingerprint density at radius 1 is 1.44 bits per heavy atom. The monoisotopic (exact) mass is 220 g/mol. The van der Waals surface area contributed by atoms with Crippen molar-refractivity contribution in [1.82, 2.24) is 9.88 Å². The Kier molecular flexibility index (Phi) is 3.91. The molecule has 2 atom stereocenters. The normalized spacial score (nSPS) is 26.9. The first-order chi connectivity index (χ1) is 7.79. The maximum absolute atomic E-state index is 9.22. The molecule has 0 bridgehead atoms. The third-order valence-corrected chi connectivity index (χ3v) is 3.46. The van der Waals surface area contributed by atoms with E-state index >= 15 is 0 Å². The first-order valence-electron chi connectivity index (χ1n) is 6.04. The molecule has 2 rings (SSSR count). The maximum Gasteiger partial charge on any atom is 0.0544 e. The molecule has 1 saturated heterocycles. The molecule has 1 aliphatic heterocycles. The van der Waals surface area contributed by atoms with Gasteiger partial charge in [-0.1, -0.05) is 6.07 Å². The Labute approximate surface area is 97.1 Å². The van der Waals surface area contributed by atoms with Crippen molar-refractivity contribution in [2.45, 2.75) is 32.4 Å². The minimum absolute atomic E-state index is 0.311. The van der Waals surface area contributed by atoms with Gasteiger partial charge in [-0.05, 0) is 37.8 Å². The highest BCUT2D eigenvalue weighted by Crippen LogP contribution is 2.22. The highest BCUT2D eigenvalue weighted by Gasteiger charge is 2.24. The van der Waals surface area contributed by atoms with Gasteiger partial charge in [0, 0.05) is 31.9 Å². The Hall–Kier alpha value is -0.930. The molecule has 0 aliphatic carbocycles. The molecule has 2 unspecified atom stereocenters. The number of aromatic nitrogens is 1. The molecule has 0 spiro atoms. The molecule has 1 aliphatic rings. The quantitative estimate of drug-likeness (QED) is 0.842. The second-order valence-electron chi connectivity index (χ2n) is 4.73. The van der Waals surface area contributed by atoms with E-state index in [1.54, 1.807) is 0 Å². The third kappa shape index (κ3) is 2.80. The van der Waals surface area contributed by atoms with Crippen LogP contribution in [0.5, 0.6) is 0 Å². The molecule has 0 radical (unpaired) electrons. The first kappa shape index (κ1) is 11.6. The van der Waals surface area contributed by atoms with Crippen LogP contribution in [0.3, 0.4) is 0 Å². The average Bonchev–Trinajstić information content (AvgIpc) is 2.33. The third-order valence-electron chi connectivity index (χ3n) is 3.46. The van der Waals surface area contributed by atoms with E-state index in [0.29, 0.717) is 18.6 Å². The predicted molar refractivity (Wildman–Crippen MR) is 63.9 cm³/mol. The van der Waals surface area contributed by atoms with E-state index in [-0.39, 0.29) is 0 Å². The summed E-state index contributed by atoms with van der Waals surface area (Å²) in [7, 11) is 0. The molecule has 0 amide bonds. The number of aliphatic hydroxyl groups excluding tert-OH is 1. The van der Waals surface area contributed by atoms with E-state index < -0.39 is 0 Å². The smallest absolute Gasteiger partial charge is 0.0544 e. The number of piperidine rings is 1. The van der Waals surface area contributed by atoms with Crippen molar-refractivity contribution in [3.63, 3.8) is 0 Å². The predicted octanol–water partition coefficient (Wildman–Crippen LogP) is 1.67. The van der Waals surface area contributed by atoms with Crippen LogP contribution >= 0.6 is 0 Å². The van der Waals surface area contributed by atoms with Crippen molar-refractivity contribution in [2.75, 3.05) is 13.2 Å². The molecule has 1 aromatic heterocycles. The number of pyridine rings is 1. The zero-order chi connectivity index (χ0) is 11.4. The number of hydrogen-bond acceptors (Lipinski definition) is 3. The fourth-order valence-corrected chi connectivity index (χ4v) is 2.33. The number of likely N-dealkylation sites (tertiary alicyclic amines) is 1. The Morgan fingerprint density at radius 3 is 3.00 bits per heavy atom. The van der Waals surface area contributed by atoms with Crippen molar-refractivity contribution in [2.24, 2.45) is 5.92 Å². The van der Waals surface area contributed by atoms with Crippen LogP contribution in [0.2, 0.25) is 0 Å². The van der Waals surface area contributed by atoms with Crippen molar-refractivity contribution >= 4 is 0 Å². The minimum atomic E-state index is 0.311. The molecule has 3 nitrogen and oxygen atoms in total. The summed E-state index contributed by atoms with van der Waals surface area (Å²) in [4.78, 5) is 6.78. The van der Waals surface area contributed by atoms with Gasteiger partial charge in [0.1, 0.15) is 0 Å². The summed E-state index contributed by atoms with van der Waals surface area (Å²) in [6.45, 7) is 4.47. The SMILES string of the molecule is CC1CCC(CO)CN1Cc1ccccn1. The molecule has 1 N–H and O–H groups in total. The summed E-state index contributed by atoms with van der Waals surface area (Å²) in [6, 6.07) is 6.64. The lowest BCUT2D eigenvalue weighted by molar-refractivity contribution is 0.0762. The first-order valence-corrected chi connectivity index (χ1v) is 6.04. The Morgan fingerprint density at radius 2 is 2.31 bits per heavy atom. The molecule has 88 valence electrons. The second kappa shape index (κ2) is 5.41. The van der Waals surface area contributed by atoms with E-state index in [4.69, 9.17) is 0 Å². The van der Waals surface area contributed by atoms with Crippen molar-refractivity contribution in [1.29, 1.82) is 0 Å². The summed E-state index contributed by atoms with van der Waals surface area (Å²) in [5.74, 6) is 0.444. The number of nitrogens with zero attached hydrogens (tertiary/aromatic N) is 2. The van der Waals surface area contributed by atoms with Gasteiger partial charge in [-0.15, -0.1) is 0 Å². The fraction of sp³-hybridized carbons (Fsp3) is 0.615. The van der Waals surface area contributed by atoms with Gasteiger partial charge in [0.25, 0.3) is 0 Å². The lowest BCUT2D eigenvalue weighted by Crippen LogP contribution is -2.42. The lowest BCUT2D eigenvalue weighted by atomic mass is 9.94. The van der Waals surface area contributed by atoms with E-state index in [0.717, 1.165) is 25.2 Å². The average molecular weight is 220 g/mol. The zero-order valence-electron chi connectivity index (χ0n) is 9.84. The molecule has 1 fully saturated rings. The summed E-state index contributed by atoms with van der Waals surface area (Å²) in [5.41, 5.74) is 1.12. The molecule has 0 saturated carbocycles. The van der Waals surface area contributed by atoms with Gasteiger partial charge in [0.2, 0.25) is 0 Å². The second-order valence-corrected chi connectivity index (χ2v) is 4.73. The minimum Gasteiger partial charge on any atom is -0.396 e. The van der Waals surface area contributed by atoms with Crippen LogP contribution in [-0.2, 0) is 6.54 Å². The summed E-state index contributed by atoms with van der Waals surface area (Å²) < 4.78 is 0. The molecular formula is C13H20N2O.